The van der Waals surface area contributed by atoms with Gasteiger partial charge < -0.3 is 14.7 Å². The molecule has 6 heteroatoms. The van der Waals surface area contributed by atoms with Crippen molar-refractivity contribution in [3.8, 4) is 0 Å². The lowest BCUT2D eigenvalue weighted by atomic mass is 9.94. The Morgan fingerprint density at radius 1 is 1.22 bits per heavy atom. The summed E-state index contributed by atoms with van der Waals surface area (Å²) < 4.78 is 5.26. The van der Waals surface area contributed by atoms with Crippen molar-refractivity contribution in [1.82, 2.24) is 4.90 Å². The number of likely N-dealkylation sites (tertiary alicyclic amines) is 1. The van der Waals surface area contributed by atoms with Crippen molar-refractivity contribution in [3.63, 3.8) is 0 Å². The van der Waals surface area contributed by atoms with Gasteiger partial charge in [0.1, 0.15) is 4.88 Å². The number of thiophene rings is 1. The first-order valence-corrected chi connectivity index (χ1v) is 12.5. The molecule has 5 nitrogen and oxygen atoms in total. The lowest BCUT2D eigenvalue weighted by Crippen LogP contribution is -2.44. The van der Waals surface area contributed by atoms with Gasteiger partial charge in [-0.3, -0.25) is 4.79 Å². The van der Waals surface area contributed by atoms with E-state index in [-0.39, 0.29) is 30.1 Å². The Hall–Kier alpha value is -2.18. The molecule has 0 radical (unpaired) electrons. The molecule has 0 bridgehead atoms. The molecular formula is C26H35NO4S. The highest BCUT2D eigenvalue weighted by Gasteiger charge is 2.28. The van der Waals surface area contributed by atoms with Crippen molar-refractivity contribution in [2.75, 3.05) is 6.54 Å². The second kappa shape index (κ2) is 12.2. The quantitative estimate of drug-likeness (QED) is 0.482. The van der Waals surface area contributed by atoms with Crippen LogP contribution in [0.2, 0.25) is 0 Å². The molecule has 1 N–H and O–H groups in total. The Morgan fingerprint density at radius 2 is 2.00 bits per heavy atom. The van der Waals surface area contributed by atoms with Crippen molar-refractivity contribution in [1.29, 1.82) is 0 Å². The number of nitrogens with zero attached hydrogens (tertiary/aromatic N) is 1. The van der Waals surface area contributed by atoms with Crippen LogP contribution in [0.5, 0.6) is 0 Å². The highest BCUT2D eigenvalue weighted by atomic mass is 32.1. The molecule has 1 fully saturated rings. The molecule has 1 amide bonds. The Balaban J connectivity index is 1.46. The Morgan fingerprint density at radius 3 is 2.75 bits per heavy atom. The Bertz CT molecular complexity index is 864. The SMILES string of the molecule is CC(C)OC(=O)c1ccc(CCCN2C(=O)CCC[C@@H]2CC[C@@H](O)Cc2ccccc2)s1. The number of carbonyl (C=O) groups is 2. The standard InChI is InChI=1S/C26H35NO4S/c1-19(2)31-26(30)24-16-15-23(32-24)11-7-17-27-21(10-6-12-25(27)29)13-14-22(28)18-20-8-4-3-5-9-20/h3-5,8-9,15-16,19,21-22,28H,6-7,10-14,17-18H2,1-2H3/t21-,22-/m1/s1. The van der Waals surface area contributed by atoms with Gasteiger partial charge in [-0.2, -0.15) is 0 Å². The van der Waals surface area contributed by atoms with Gasteiger partial charge in [0, 0.05) is 23.9 Å². The third-order valence-corrected chi connectivity index (χ3v) is 6.99. The fourth-order valence-electron chi connectivity index (χ4n) is 4.29. The second-order valence-electron chi connectivity index (χ2n) is 8.88. The molecule has 0 saturated carbocycles. The molecule has 2 atom stereocenters. The number of esters is 1. The van der Waals surface area contributed by atoms with Crippen LogP contribution in [-0.4, -0.2) is 46.7 Å². The van der Waals surface area contributed by atoms with Gasteiger partial charge in [-0.15, -0.1) is 11.3 Å². The zero-order valence-electron chi connectivity index (χ0n) is 19.2. The molecule has 1 aromatic heterocycles. The topological polar surface area (TPSA) is 66.8 Å². The maximum Gasteiger partial charge on any atom is 0.348 e. The average molecular weight is 458 g/mol. The van der Waals surface area contributed by atoms with E-state index in [1.165, 1.54) is 11.3 Å². The largest absolute Gasteiger partial charge is 0.459 e. The van der Waals surface area contributed by atoms with Crippen LogP contribution in [0.3, 0.4) is 0 Å². The fourth-order valence-corrected chi connectivity index (χ4v) is 5.22. The maximum atomic E-state index is 12.6. The average Bonchev–Trinajstić information content (AvgIpc) is 3.23. The highest BCUT2D eigenvalue weighted by Crippen LogP contribution is 2.25. The maximum absolute atomic E-state index is 12.6. The van der Waals surface area contributed by atoms with Crippen LogP contribution < -0.4 is 0 Å². The number of ether oxygens (including phenoxy) is 1. The molecule has 1 aliphatic rings. The van der Waals surface area contributed by atoms with Gasteiger partial charge in [-0.05, 0) is 76.5 Å². The van der Waals surface area contributed by atoms with Crippen molar-refractivity contribution in [2.24, 2.45) is 0 Å². The van der Waals surface area contributed by atoms with Gasteiger partial charge in [0.25, 0.3) is 0 Å². The summed E-state index contributed by atoms with van der Waals surface area (Å²) in [6.45, 7) is 4.42. The van der Waals surface area contributed by atoms with Crippen LogP contribution in [-0.2, 0) is 22.4 Å². The van der Waals surface area contributed by atoms with Gasteiger partial charge in [0.05, 0.1) is 12.2 Å². The third-order valence-electron chi connectivity index (χ3n) is 5.86. The smallest absolute Gasteiger partial charge is 0.348 e. The molecule has 3 rings (SSSR count). The van der Waals surface area contributed by atoms with E-state index in [0.29, 0.717) is 24.1 Å². The number of benzene rings is 1. The van der Waals surface area contributed by atoms with Gasteiger partial charge in [0.2, 0.25) is 5.91 Å². The monoisotopic (exact) mass is 457 g/mol. The summed E-state index contributed by atoms with van der Waals surface area (Å²) in [5.41, 5.74) is 1.14. The van der Waals surface area contributed by atoms with E-state index in [0.717, 1.165) is 49.1 Å². The first kappa shape index (κ1) is 24.5. The zero-order valence-corrected chi connectivity index (χ0v) is 20.0. The van der Waals surface area contributed by atoms with Crippen molar-refractivity contribution >= 4 is 23.2 Å². The van der Waals surface area contributed by atoms with Crippen LogP contribution in [0.4, 0.5) is 0 Å². The zero-order chi connectivity index (χ0) is 22.9. The van der Waals surface area contributed by atoms with Gasteiger partial charge in [0.15, 0.2) is 0 Å². The summed E-state index contributed by atoms with van der Waals surface area (Å²) in [5, 5.41) is 10.5. The van der Waals surface area contributed by atoms with Crippen molar-refractivity contribution in [2.45, 2.75) is 83.5 Å². The molecular weight excluding hydrogens is 422 g/mol. The minimum Gasteiger partial charge on any atom is -0.459 e. The highest BCUT2D eigenvalue weighted by molar-refractivity contribution is 7.13. The summed E-state index contributed by atoms with van der Waals surface area (Å²) in [5.74, 6) is -0.0391. The first-order valence-electron chi connectivity index (χ1n) is 11.7. The van der Waals surface area contributed by atoms with Crippen LogP contribution in [0, 0.1) is 0 Å². The number of aryl methyl sites for hydroxylation is 1. The minimum atomic E-state index is -0.383. The number of hydrogen-bond acceptors (Lipinski definition) is 5. The number of aliphatic hydroxyl groups is 1. The van der Waals surface area contributed by atoms with Crippen LogP contribution in [0.15, 0.2) is 42.5 Å². The van der Waals surface area contributed by atoms with Gasteiger partial charge in [-0.25, -0.2) is 4.79 Å². The normalized spacial score (nSPS) is 17.6. The summed E-state index contributed by atoms with van der Waals surface area (Å²) >= 11 is 1.48. The van der Waals surface area contributed by atoms with Crippen molar-refractivity contribution < 1.29 is 19.4 Å². The lowest BCUT2D eigenvalue weighted by molar-refractivity contribution is -0.136. The summed E-state index contributed by atoms with van der Waals surface area (Å²) in [7, 11) is 0. The van der Waals surface area contributed by atoms with E-state index in [2.05, 4.69) is 0 Å². The molecule has 32 heavy (non-hydrogen) atoms. The Labute approximate surface area is 195 Å². The summed E-state index contributed by atoms with van der Waals surface area (Å²) in [6.07, 6.45) is 5.96. The minimum absolute atomic E-state index is 0.124. The lowest BCUT2D eigenvalue weighted by Gasteiger charge is -2.36. The third kappa shape index (κ3) is 7.45. The van der Waals surface area contributed by atoms with E-state index >= 15 is 0 Å². The van der Waals surface area contributed by atoms with E-state index in [1.54, 1.807) is 0 Å². The summed E-state index contributed by atoms with van der Waals surface area (Å²) in [6, 6.07) is 14.1. The van der Waals surface area contributed by atoms with Crippen LogP contribution in [0.1, 0.15) is 72.5 Å². The molecule has 0 spiro atoms. The number of carbonyl (C=O) groups excluding carboxylic acids is 2. The number of rotatable bonds is 11. The fraction of sp³-hybridized carbons (Fsp3) is 0.538. The van der Waals surface area contributed by atoms with Gasteiger partial charge in [-0.1, -0.05) is 30.3 Å². The number of aliphatic hydroxyl groups excluding tert-OH is 1. The Kier molecular flexibility index (Phi) is 9.30. The van der Waals surface area contributed by atoms with E-state index in [9.17, 15) is 14.7 Å². The summed E-state index contributed by atoms with van der Waals surface area (Å²) in [4.78, 5) is 28.4. The van der Waals surface area contributed by atoms with E-state index < -0.39 is 0 Å². The predicted octanol–water partition coefficient (Wildman–Crippen LogP) is 5.01. The van der Waals surface area contributed by atoms with E-state index in [1.807, 2.05) is 61.2 Å². The number of amides is 1. The second-order valence-corrected chi connectivity index (χ2v) is 10.0. The van der Waals surface area contributed by atoms with Crippen LogP contribution >= 0.6 is 11.3 Å². The molecule has 0 aliphatic carbocycles. The van der Waals surface area contributed by atoms with Crippen molar-refractivity contribution in [3.05, 3.63) is 57.8 Å². The number of hydrogen-bond donors (Lipinski definition) is 1. The molecule has 1 aliphatic heterocycles. The molecule has 2 aromatic rings. The van der Waals surface area contributed by atoms with E-state index in [4.69, 9.17) is 4.74 Å². The van der Waals surface area contributed by atoms with Crippen LogP contribution in [0.25, 0.3) is 0 Å². The van der Waals surface area contributed by atoms with Gasteiger partial charge >= 0.3 is 5.97 Å². The molecule has 1 aromatic carbocycles. The predicted molar refractivity (Wildman–Crippen MR) is 128 cm³/mol. The molecule has 0 unspecified atom stereocenters. The molecule has 1 saturated heterocycles. The molecule has 2 heterocycles. The first-order chi connectivity index (χ1) is 15.4. The molecule has 174 valence electrons. The number of piperidine rings is 1.